The zero-order chi connectivity index (χ0) is 10.7. The van der Waals surface area contributed by atoms with Crippen LogP contribution in [-0.4, -0.2) is 16.1 Å². The number of aromatic nitrogens is 1. The van der Waals surface area contributed by atoms with Crippen LogP contribution in [0.15, 0.2) is 5.38 Å². The molecule has 1 rings (SSSR count). The van der Waals surface area contributed by atoms with Gasteiger partial charge in [-0.3, -0.25) is 0 Å². The van der Waals surface area contributed by atoms with E-state index in [1.54, 1.807) is 0 Å². The topological polar surface area (TPSA) is 62.2 Å². The van der Waals surface area contributed by atoms with Gasteiger partial charge in [-0.1, -0.05) is 13.8 Å². The van der Waals surface area contributed by atoms with Gasteiger partial charge >= 0.3 is 5.97 Å². The summed E-state index contributed by atoms with van der Waals surface area (Å²) in [7, 11) is 0. The van der Waals surface area contributed by atoms with E-state index in [-0.39, 0.29) is 17.7 Å². The summed E-state index contributed by atoms with van der Waals surface area (Å²) in [6.07, 6.45) is 0. The molecule has 0 aliphatic heterocycles. The largest absolute Gasteiger partial charge is 0.476 e. The van der Waals surface area contributed by atoms with Crippen molar-refractivity contribution in [1.29, 1.82) is 0 Å². The highest BCUT2D eigenvalue weighted by Gasteiger charge is 2.19. The number of carboxylic acid groups (broad SMARTS) is 1. The van der Waals surface area contributed by atoms with E-state index in [0.29, 0.717) is 5.01 Å². The first-order chi connectivity index (χ1) is 6.56. The van der Waals surface area contributed by atoms with Crippen LogP contribution >= 0.6 is 23.1 Å². The molecule has 0 saturated carbocycles. The van der Waals surface area contributed by atoms with Crippen LogP contribution in [0.2, 0.25) is 0 Å². The lowest BCUT2D eigenvalue weighted by Gasteiger charge is -2.15. The third kappa shape index (κ3) is 2.43. The quantitative estimate of drug-likeness (QED) is 0.785. The molecule has 0 radical (unpaired) electrons. The van der Waals surface area contributed by atoms with Crippen LogP contribution in [0.25, 0.3) is 0 Å². The van der Waals surface area contributed by atoms with Gasteiger partial charge in [0.2, 0.25) is 0 Å². The number of rotatable bonds is 4. The van der Waals surface area contributed by atoms with E-state index in [2.05, 4.69) is 9.82 Å². The molecule has 0 spiro atoms. The van der Waals surface area contributed by atoms with Gasteiger partial charge in [0.15, 0.2) is 5.69 Å². The van der Waals surface area contributed by atoms with Gasteiger partial charge < -0.3 is 5.11 Å². The van der Waals surface area contributed by atoms with Gasteiger partial charge in [0.1, 0.15) is 5.01 Å². The molecule has 6 heteroatoms. The highest BCUT2D eigenvalue weighted by Crippen LogP contribution is 2.25. The molecule has 0 amide bonds. The minimum atomic E-state index is -1.01. The van der Waals surface area contributed by atoms with Crippen molar-refractivity contribution in [2.75, 3.05) is 0 Å². The van der Waals surface area contributed by atoms with Crippen LogP contribution in [0.5, 0.6) is 0 Å². The summed E-state index contributed by atoms with van der Waals surface area (Å²) < 4.78 is 0. The zero-order valence-electron chi connectivity index (χ0n) is 7.82. The molecule has 2 N–H and O–H groups in total. The standard InChI is InChI=1S/C8H11ClN2O2S/c1-4(2)6(11-9)7-10-5(3-14-7)8(12)13/h3-4,6,11H,1-2H3,(H,12,13). The predicted octanol–water partition coefficient (Wildman–Crippen LogP) is 2.28. The molecule has 78 valence electrons. The first-order valence-corrected chi connectivity index (χ1v) is 5.37. The van der Waals surface area contributed by atoms with Crippen LogP contribution < -0.4 is 4.84 Å². The smallest absolute Gasteiger partial charge is 0.355 e. The van der Waals surface area contributed by atoms with E-state index < -0.39 is 5.97 Å². The van der Waals surface area contributed by atoms with Gasteiger partial charge in [0.25, 0.3) is 0 Å². The Morgan fingerprint density at radius 2 is 2.36 bits per heavy atom. The van der Waals surface area contributed by atoms with Crippen LogP contribution in [0, 0.1) is 5.92 Å². The van der Waals surface area contributed by atoms with Gasteiger partial charge in [0.05, 0.1) is 6.04 Å². The molecule has 1 aromatic rings. The number of hydrogen-bond acceptors (Lipinski definition) is 4. The monoisotopic (exact) mass is 234 g/mol. The summed E-state index contributed by atoms with van der Waals surface area (Å²) in [5.74, 6) is -0.745. The maximum Gasteiger partial charge on any atom is 0.355 e. The van der Waals surface area contributed by atoms with Gasteiger partial charge in [-0.2, -0.15) is 0 Å². The maximum absolute atomic E-state index is 10.6. The summed E-state index contributed by atoms with van der Waals surface area (Å²) >= 11 is 6.86. The third-order valence-electron chi connectivity index (χ3n) is 1.79. The maximum atomic E-state index is 10.6. The van der Waals surface area contributed by atoms with Crippen LogP contribution in [0.4, 0.5) is 0 Å². The normalized spacial score (nSPS) is 13.1. The van der Waals surface area contributed by atoms with Crippen molar-refractivity contribution in [1.82, 2.24) is 9.82 Å². The molecular weight excluding hydrogens is 224 g/mol. The fourth-order valence-electron chi connectivity index (χ4n) is 0.986. The Kier molecular flexibility index (Phi) is 3.86. The lowest BCUT2D eigenvalue weighted by atomic mass is 10.1. The second kappa shape index (κ2) is 4.72. The fourth-order valence-corrected chi connectivity index (χ4v) is 2.42. The number of nitrogens with one attached hydrogen (secondary N) is 1. The number of aromatic carboxylic acids is 1. The average molecular weight is 235 g/mol. The highest BCUT2D eigenvalue weighted by atomic mass is 35.5. The minimum Gasteiger partial charge on any atom is -0.476 e. The molecular formula is C8H11ClN2O2S. The second-order valence-electron chi connectivity index (χ2n) is 3.21. The van der Waals surface area contributed by atoms with E-state index in [1.807, 2.05) is 13.8 Å². The van der Waals surface area contributed by atoms with Crippen molar-refractivity contribution in [3.05, 3.63) is 16.1 Å². The Morgan fingerprint density at radius 1 is 1.71 bits per heavy atom. The molecule has 1 unspecified atom stereocenters. The SMILES string of the molecule is CC(C)C(NCl)c1nc(C(=O)O)cs1. The molecule has 1 atom stereocenters. The van der Waals surface area contributed by atoms with E-state index in [9.17, 15) is 4.79 Å². The number of hydrogen-bond donors (Lipinski definition) is 2. The van der Waals surface area contributed by atoms with Crippen molar-refractivity contribution < 1.29 is 9.90 Å². The Hall–Kier alpha value is -0.650. The van der Waals surface area contributed by atoms with E-state index >= 15 is 0 Å². The molecule has 0 fully saturated rings. The molecule has 14 heavy (non-hydrogen) atoms. The second-order valence-corrected chi connectivity index (χ2v) is 4.31. The Morgan fingerprint density at radius 3 is 2.71 bits per heavy atom. The molecule has 0 saturated heterocycles. The molecule has 0 bridgehead atoms. The van der Waals surface area contributed by atoms with E-state index in [0.717, 1.165) is 0 Å². The Balaban J connectivity index is 2.89. The van der Waals surface area contributed by atoms with E-state index in [1.165, 1.54) is 16.7 Å². The number of nitrogens with zero attached hydrogens (tertiary/aromatic N) is 1. The first-order valence-electron chi connectivity index (χ1n) is 4.11. The van der Waals surface area contributed by atoms with Crippen molar-refractivity contribution >= 4 is 29.1 Å². The Bertz CT molecular complexity index is 327. The average Bonchev–Trinajstić information content (AvgIpc) is 2.53. The van der Waals surface area contributed by atoms with Gasteiger partial charge in [0, 0.05) is 5.38 Å². The van der Waals surface area contributed by atoms with Gasteiger partial charge in [-0.05, 0) is 17.7 Å². The zero-order valence-corrected chi connectivity index (χ0v) is 9.39. The minimum absolute atomic E-state index is 0.0718. The number of halogens is 1. The first kappa shape index (κ1) is 11.4. The fraction of sp³-hybridized carbons (Fsp3) is 0.500. The van der Waals surface area contributed by atoms with Crippen LogP contribution in [-0.2, 0) is 0 Å². The van der Waals surface area contributed by atoms with Gasteiger partial charge in [-0.15, -0.1) is 11.3 Å². The van der Waals surface area contributed by atoms with Crippen molar-refractivity contribution in [2.24, 2.45) is 5.92 Å². The van der Waals surface area contributed by atoms with Crippen molar-refractivity contribution in [3.63, 3.8) is 0 Å². The lowest BCUT2D eigenvalue weighted by Crippen LogP contribution is -2.17. The molecule has 1 aromatic heterocycles. The summed E-state index contributed by atoms with van der Waals surface area (Å²) in [5.41, 5.74) is 0.0718. The van der Waals surface area contributed by atoms with Crippen molar-refractivity contribution in [2.45, 2.75) is 19.9 Å². The summed E-state index contributed by atoms with van der Waals surface area (Å²) in [6, 6.07) is -0.102. The number of carbonyl (C=O) groups is 1. The Labute approximate surface area is 91.0 Å². The van der Waals surface area contributed by atoms with E-state index in [4.69, 9.17) is 16.9 Å². The summed E-state index contributed by atoms with van der Waals surface area (Å²) in [4.78, 5) is 17.2. The molecule has 0 aromatic carbocycles. The number of thiazole rings is 1. The molecule has 0 aliphatic carbocycles. The van der Waals surface area contributed by atoms with Crippen molar-refractivity contribution in [3.8, 4) is 0 Å². The number of carboxylic acids is 1. The van der Waals surface area contributed by atoms with Crippen LogP contribution in [0.3, 0.4) is 0 Å². The van der Waals surface area contributed by atoms with Gasteiger partial charge in [-0.25, -0.2) is 14.6 Å². The van der Waals surface area contributed by atoms with Crippen LogP contribution in [0.1, 0.15) is 35.4 Å². The predicted molar refractivity (Wildman–Crippen MR) is 55.6 cm³/mol. The lowest BCUT2D eigenvalue weighted by molar-refractivity contribution is 0.0691. The summed E-state index contributed by atoms with van der Waals surface area (Å²) in [5, 5.41) is 10.9. The summed E-state index contributed by atoms with van der Waals surface area (Å²) in [6.45, 7) is 3.98. The molecule has 4 nitrogen and oxygen atoms in total. The third-order valence-corrected chi connectivity index (χ3v) is 2.95. The molecule has 0 aliphatic rings. The molecule has 1 heterocycles. The highest BCUT2D eigenvalue weighted by molar-refractivity contribution is 7.09.